The Morgan fingerprint density at radius 1 is 1.25 bits per heavy atom. The molecule has 0 aliphatic carbocycles. The zero-order chi connectivity index (χ0) is 12.3. The van der Waals surface area contributed by atoms with Gasteiger partial charge in [-0.25, -0.2) is 0 Å². The van der Waals surface area contributed by atoms with Crippen LogP contribution in [-0.4, -0.2) is 0 Å². The van der Waals surface area contributed by atoms with Crippen molar-refractivity contribution in [1.29, 1.82) is 0 Å². The molecule has 1 aromatic carbocycles. The molecule has 2 N–H and O–H groups in total. The van der Waals surface area contributed by atoms with E-state index in [2.05, 4.69) is 40.0 Å². The van der Waals surface area contributed by atoms with Gasteiger partial charge in [0, 0.05) is 5.70 Å². The molecule has 0 bridgehead atoms. The van der Waals surface area contributed by atoms with Gasteiger partial charge >= 0.3 is 0 Å². The number of hydrogen-bond acceptors (Lipinski definition) is 1. The van der Waals surface area contributed by atoms with Crippen molar-refractivity contribution in [3.8, 4) is 0 Å². The second kappa shape index (κ2) is 4.84. The topological polar surface area (TPSA) is 26.0 Å². The summed E-state index contributed by atoms with van der Waals surface area (Å²) in [5, 5.41) is 2.39. The van der Waals surface area contributed by atoms with Crippen LogP contribution >= 0.6 is 0 Å². The Labute approximate surface area is 97.3 Å². The Balaban J connectivity index is 3.71. The molecule has 0 saturated heterocycles. The van der Waals surface area contributed by atoms with E-state index in [4.69, 9.17) is 5.73 Å². The summed E-state index contributed by atoms with van der Waals surface area (Å²) in [5.41, 5.74) is 9.95. The first-order valence-corrected chi connectivity index (χ1v) is 5.33. The van der Waals surface area contributed by atoms with Gasteiger partial charge in [0.05, 0.1) is 0 Å². The minimum absolute atomic E-state index is 0.586. The van der Waals surface area contributed by atoms with E-state index in [9.17, 15) is 0 Å². The van der Waals surface area contributed by atoms with E-state index in [-0.39, 0.29) is 0 Å². The lowest BCUT2D eigenvalue weighted by atomic mass is 9.99. The standard InChI is InChI=1S/C15H19N/c1-6-7-15-10(2)8-14(9-11(3)16)12(4)13(15)5/h6-9H,1,3,16H2,2,4-5H3/b14-9-,15-7-. The van der Waals surface area contributed by atoms with Crippen LogP contribution in [0.1, 0.15) is 16.7 Å². The number of nitrogens with two attached hydrogens (primary N) is 1. The summed E-state index contributed by atoms with van der Waals surface area (Å²) in [6, 6.07) is 2.13. The number of aryl methyl sites for hydroxylation is 1. The first kappa shape index (κ1) is 12.3. The first-order valence-electron chi connectivity index (χ1n) is 5.33. The largest absolute Gasteiger partial charge is 0.399 e. The molecule has 1 heteroatoms. The van der Waals surface area contributed by atoms with Gasteiger partial charge in [0.25, 0.3) is 0 Å². The molecular formula is C15H19N. The van der Waals surface area contributed by atoms with E-state index in [1.165, 1.54) is 21.9 Å². The van der Waals surface area contributed by atoms with Crippen molar-refractivity contribution in [2.24, 2.45) is 5.73 Å². The van der Waals surface area contributed by atoms with Gasteiger partial charge < -0.3 is 5.73 Å². The number of rotatable bonds is 2. The van der Waals surface area contributed by atoms with Crippen molar-refractivity contribution < 1.29 is 0 Å². The van der Waals surface area contributed by atoms with E-state index >= 15 is 0 Å². The van der Waals surface area contributed by atoms with Gasteiger partial charge in [-0.1, -0.05) is 31.4 Å². The molecule has 0 aliphatic heterocycles. The predicted octanol–water partition coefficient (Wildman–Crippen LogP) is 1.83. The molecule has 0 atom stereocenters. The summed E-state index contributed by atoms with van der Waals surface area (Å²) in [6.45, 7) is 13.8. The van der Waals surface area contributed by atoms with Crippen LogP contribution in [0.3, 0.4) is 0 Å². The molecule has 0 aliphatic rings. The molecule has 1 aromatic rings. The van der Waals surface area contributed by atoms with Crippen LogP contribution in [-0.2, 0) is 0 Å². The van der Waals surface area contributed by atoms with Gasteiger partial charge in [-0.3, -0.25) is 0 Å². The van der Waals surface area contributed by atoms with Crippen molar-refractivity contribution in [3.63, 3.8) is 0 Å². The van der Waals surface area contributed by atoms with Crippen LogP contribution in [0.5, 0.6) is 0 Å². The minimum atomic E-state index is 0.586. The molecule has 0 spiro atoms. The molecule has 16 heavy (non-hydrogen) atoms. The second-order valence-corrected chi connectivity index (χ2v) is 4.07. The van der Waals surface area contributed by atoms with Crippen molar-refractivity contribution >= 4 is 12.2 Å². The Kier molecular flexibility index (Phi) is 3.73. The Morgan fingerprint density at radius 3 is 2.38 bits per heavy atom. The lowest BCUT2D eigenvalue weighted by Crippen LogP contribution is -2.21. The quantitative estimate of drug-likeness (QED) is 0.797. The number of benzene rings is 1. The number of allylic oxidation sites excluding steroid dienone is 2. The molecule has 84 valence electrons. The average Bonchev–Trinajstić information content (AvgIpc) is 2.20. The first-order chi connectivity index (χ1) is 7.47. The van der Waals surface area contributed by atoms with Gasteiger partial charge in [0.2, 0.25) is 0 Å². The molecule has 0 fully saturated rings. The molecule has 0 radical (unpaired) electrons. The third-order valence-electron chi connectivity index (χ3n) is 2.82. The zero-order valence-electron chi connectivity index (χ0n) is 10.3. The Bertz CT molecular complexity index is 548. The third kappa shape index (κ3) is 2.43. The summed E-state index contributed by atoms with van der Waals surface area (Å²) in [7, 11) is 0. The van der Waals surface area contributed by atoms with Gasteiger partial charge in [0.1, 0.15) is 0 Å². The van der Waals surface area contributed by atoms with Crippen molar-refractivity contribution in [3.05, 3.63) is 58.1 Å². The van der Waals surface area contributed by atoms with Crippen LogP contribution in [0, 0.1) is 20.8 Å². The normalized spacial score (nSPS) is 12.9. The lowest BCUT2D eigenvalue weighted by molar-refractivity contribution is 1.22. The third-order valence-corrected chi connectivity index (χ3v) is 2.82. The molecule has 1 rings (SSSR count). The van der Waals surface area contributed by atoms with Crippen molar-refractivity contribution in [1.82, 2.24) is 0 Å². The summed E-state index contributed by atoms with van der Waals surface area (Å²) in [4.78, 5) is 0. The fraction of sp³-hybridized carbons (Fsp3) is 0.200. The summed E-state index contributed by atoms with van der Waals surface area (Å²) < 4.78 is 0. The smallest absolute Gasteiger partial charge is 0.0247 e. The maximum atomic E-state index is 5.62. The van der Waals surface area contributed by atoms with E-state index in [1.807, 2.05) is 18.2 Å². The van der Waals surface area contributed by atoms with Gasteiger partial charge in [-0.05, 0) is 54.0 Å². The van der Waals surface area contributed by atoms with E-state index in [0.29, 0.717) is 5.70 Å². The number of hydrogen-bond donors (Lipinski definition) is 1. The minimum Gasteiger partial charge on any atom is -0.399 e. The maximum absolute atomic E-state index is 5.62. The SMILES string of the molecule is C=C/C=c1/c(C)c/c(=C/C(=C)N)c(C)c1C. The van der Waals surface area contributed by atoms with Crippen LogP contribution in [0.4, 0.5) is 0 Å². The van der Waals surface area contributed by atoms with E-state index in [1.54, 1.807) is 0 Å². The second-order valence-electron chi connectivity index (χ2n) is 4.07. The summed E-state index contributed by atoms with van der Waals surface area (Å²) in [6.07, 6.45) is 5.77. The Morgan fingerprint density at radius 2 is 1.88 bits per heavy atom. The van der Waals surface area contributed by atoms with E-state index < -0.39 is 0 Å². The van der Waals surface area contributed by atoms with Crippen LogP contribution < -0.4 is 16.2 Å². The molecule has 0 saturated carbocycles. The fourth-order valence-electron chi connectivity index (χ4n) is 1.86. The Hall–Kier alpha value is -1.76. The summed E-state index contributed by atoms with van der Waals surface area (Å²) >= 11 is 0. The van der Waals surface area contributed by atoms with Gasteiger partial charge in [-0.15, -0.1) is 0 Å². The maximum Gasteiger partial charge on any atom is 0.0247 e. The van der Waals surface area contributed by atoms with E-state index in [0.717, 1.165) is 5.22 Å². The van der Waals surface area contributed by atoms with Crippen LogP contribution in [0.25, 0.3) is 12.2 Å². The highest BCUT2D eigenvalue weighted by molar-refractivity contribution is 5.50. The summed E-state index contributed by atoms with van der Waals surface area (Å²) in [5.74, 6) is 0. The highest BCUT2D eigenvalue weighted by Crippen LogP contribution is 1.98. The van der Waals surface area contributed by atoms with Crippen molar-refractivity contribution in [2.75, 3.05) is 0 Å². The molecule has 0 unspecified atom stereocenters. The molecule has 0 amide bonds. The predicted molar refractivity (Wildman–Crippen MR) is 72.4 cm³/mol. The van der Waals surface area contributed by atoms with Gasteiger partial charge in [0.15, 0.2) is 0 Å². The highest BCUT2D eigenvalue weighted by Gasteiger charge is 1.99. The monoisotopic (exact) mass is 213 g/mol. The van der Waals surface area contributed by atoms with Gasteiger partial charge in [-0.2, -0.15) is 0 Å². The average molecular weight is 213 g/mol. The molecular weight excluding hydrogens is 194 g/mol. The molecule has 0 aromatic heterocycles. The zero-order valence-corrected chi connectivity index (χ0v) is 10.3. The fourth-order valence-corrected chi connectivity index (χ4v) is 1.86. The highest BCUT2D eigenvalue weighted by atomic mass is 14.5. The van der Waals surface area contributed by atoms with Crippen LogP contribution in [0.15, 0.2) is 31.0 Å². The molecule has 0 heterocycles. The van der Waals surface area contributed by atoms with Crippen molar-refractivity contribution in [2.45, 2.75) is 20.8 Å². The van der Waals surface area contributed by atoms with Crippen LogP contribution in [0.2, 0.25) is 0 Å². The lowest BCUT2D eigenvalue weighted by Gasteiger charge is -2.06. The molecule has 1 nitrogen and oxygen atoms in total.